The SMILES string of the molecule is O=C(NCc1cccnc1)C1CCCN1C1c2ncc(Br)cc2CCc2cc(Cl)cc(Br)c21. The Morgan fingerprint density at radius 2 is 2.03 bits per heavy atom. The van der Waals surface area contributed by atoms with Gasteiger partial charge in [0.25, 0.3) is 0 Å². The monoisotopic (exact) mass is 588 g/mol. The van der Waals surface area contributed by atoms with E-state index in [1.165, 1.54) is 16.7 Å². The van der Waals surface area contributed by atoms with E-state index in [1.807, 2.05) is 24.4 Å². The highest BCUT2D eigenvalue weighted by atomic mass is 79.9. The number of carbonyl (C=O) groups excluding carboxylic acids is 1. The van der Waals surface area contributed by atoms with Gasteiger partial charge >= 0.3 is 0 Å². The highest BCUT2D eigenvalue weighted by Crippen LogP contribution is 2.44. The molecule has 1 saturated heterocycles. The molecule has 1 fully saturated rings. The molecule has 33 heavy (non-hydrogen) atoms. The quantitative estimate of drug-likeness (QED) is 0.429. The van der Waals surface area contributed by atoms with Crippen molar-refractivity contribution in [1.29, 1.82) is 0 Å². The van der Waals surface area contributed by atoms with Crippen molar-refractivity contribution in [3.05, 3.63) is 90.8 Å². The molecule has 0 radical (unpaired) electrons. The Labute approximate surface area is 215 Å². The van der Waals surface area contributed by atoms with Crippen LogP contribution in [0, 0.1) is 0 Å². The molecule has 2 atom stereocenters. The number of nitrogens with one attached hydrogen (secondary N) is 1. The summed E-state index contributed by atoms with van der Waals surface area (Å²) in [5.74, 6) is 0.0471. The fraction of sp³-hybridized carbons (Fsp3) is 0.320. The van der Waals surface area contributed by atoms with Crippen LogP contribution < -0.4 is 5.32 Å². The maximum Gasteiger partial charge on any atom is 0.237 e. The number of likely N-dealkylation sites (tertiary alicyclic amines) is 1. The lowest BCUT2D eigenvalue weighted by molar-refractivity contribution is -0.126. The number of carbonyl (C=O) groups is 1. The molecule has 2 unspecified atom stereocenters. The summed E-state index contributed by atoms with van der Waals surface area (Å²) < 4.78 is 1.93. The third-order valence-corrected chi connectivity index (χ3v) is 7.77. The lowest BCUT2D eigenvalue weighted by Gasteiger charge is -2.34. The average molecular weight is 591 g/mol. The summed E-state index contributed by atoms with van der Waals surface area (Å²) in [5.41, 5.74) is 5.58. The van der Waals surface area contributed by atoms with Gasteiger partial charge < -0.3 is 5.32 Å². The van der Waals surface area contributed by atoms with E-state index in [0.29, 0.717) is 11.6 Å². The number of aromatic nitrogens is 2. The number of pyridine rings is 2. The third kappa shape index (κ3) is 4.74. The van der Waals surface area contributed by atoms with Gasteiger partial charge in [-0.3, -0.25) is 19.7 Å². The molecule has 8 heteroatoms. The number of fused-ring (bicyclic) bond motifs is 2. The third-order valence-electron chi connectivity index (χ3n) is 6.46. The second-order valence-corrected chi connectivity index (χ2v) is 10.7. The van der Waals surface area contributed by atoms with Crippen LogP contribution in [-0.4, -0.2) is 33.4 Å². The van der Waals surface area contributed by atoms with E-state index in [0.717, 1.165) is 52.4 Å². The highest BCUT2D eigenvalue weighted by Gasteiger charge is 2.40. The molecular formula is C25H23Br2ClN4O. The zero-order valence-electron chi connectivity index (χ0n) is 17.9. The van der Waals surface area contributed by atoms with E-state index in [4.69, 9.17) is 16.6 Å². The zero-order chi connectivity index (χ0) is 22.9. The molecule has 5 rings (SSSR count). The molecule has 2 aliphatic rings. The molecule has 5 nitrogen and oxygen atoms in total. The minimum atomic E-state index is -0.224. The van der Waals surface area contributed by atoms with Gasteiger partial charge in [0, 0.05) is 45.6 Å². The van der Waals surface area contributed by atoms with Crippen LogP contribution in [0.15, 0.2) is 57.9 Å². The van der Waals surface area contributed by atoms with E-state index in [1.54, 1.807) is 12.4 Å². The second kappa shape index (κ2) is 9.82. The maximum absolute atomic E-state index is 13.3. The predicted octanol–water partition coefficient (Wildman–Crippen LogP) is 5.62. The van der Waals surface area contributed by atoms with Gasteiger partial charge in [-0.05, 0) is 88.1 Å². The maximum atomic E-state index is 13.3. The number of halogens is 3. The molecule has 1 amide bonds. The predicted molar refractivity (Wildman–Crippen MR) is 136 cm³/mol. The average Bonchev–Trinajstić information content (AvgIpc) is 3.23. The van der Waals surface area contributed by atoms with Crippen molar-refractivity contribution in [2.24, 2.45) is 0 Å². The van der Waals surface area contributed by atoms with Crippen LogP contribution in [0.4, 0.5) is 0 Å². The van der Waals surface area contributed by atoms with Crippen LogP contribution in [0.1, 0.15) is 46.8 Å². The van der Waals surface area contributed by atoms with E-state index < -0.39 is 0 Å². The molecule has 1 aliphatic heterocycles. The van der Waals surface area contributed by atoms with Crippen molar-refractivity contribution in [2.45, 2.75) is 44.3 Å². The van der Waals surface area contributed by atoms with E-state index >= 15 is 0 Å². The molecule has 1 N–H and O–H groups in total. The van der Waals surface area contributed by atoms with Crippen LogP contribution >= 0.6 is 43.5 Å². The Morgan fingerprint density at radius 1 is 1.18 bits per heavy atom. The number of aryl methyl sites for hydroxylation is 2. The summed E-state index contributed by atoms with van der Waals surface area (Å²) in [5, 5.41) is 3.84. The molecule has 0 spiro atoms. The highest BCUT2D eigenvalue weighted by molar-refractivity contribution is 9.10. The zero-order valence-corrected chi connectivity index (χ0v) is 21.8. The Hall–Kier alpha value is -1.80. The normalized spacial score (nSPS) is 20.1. The van der Waals surface area contributed by atoms with Crippen molar-refractivity contribution in [1.82, 2.24) is 20.2 Å². The van der Waals surface area contributed by atoms with E-state index in [-0.39, 0.29) is 18.0 Å². The molecular weight excluding hydrogens is 568 g/mol. The lowest BCUT2D eigenvalue weighted by atomic mass is 9.96. The Balaban J connectivity index is 1.52. The van der Waals surface area contributed by atoms with Crippen molar-refractivity contribution < 1.29 is 4.79 Å². The first-order valence-corrected chi connectivity index (χ1v) is 13.0. The van der Waals surface area contributed by atoms with Crippen molar-refractivity contribution >= 4 is 49.4 Å². The topological polar surface area (TPSA) is 58.1 Å². The molecule has 1 aliphatic carbocycles. The summed E-state index contributed by atoms with van der Waals surface area (Å²) in [6.45, 7) is 1.31. The smallest absolute Gasteiger partial charge is 0.237 e. The van der Waals surface area contributed by atoms with Crippen molar-refractivity contribution in [3.8, 4) is 0 Å². The summed E-state index contributed by atoms with van der Waals surface area (Å²) in [7, 11) is 0. The van der Waals surface area contributed by atoms with Gasteiger partial charge in [0.1, 0.15) is 0 Å². The van der Waals surface area contributed by atoms with Gasteiger partial charge in [-0.15, -0.1) is 0 Å². The molecule has 3 aromatic rings. The van der Waals surface area contributed by atoms with Gasteiger partial charge in [-0.2, -0.15) is 0 Å². The summed E-state index contributed by atoms with van der Waals surface area (Å²) >= 11 is 13.8. The van der Waals surface area contributed by atoms with Crippen LogP contribution in [0.2, 0.25) is 5.02 Å². The number of amides is 1. The standard InChI is InChI=1S/C25H23Br2ClN4O/c26-18-9-17-6-5-16-10-19(28)11-20(27)22(16)24(23(17)30-14-18)32-8-2-4-21(32)25(33)31-13-15-3-1-7-29-12-15/h1,3,7,9-12,14,21,24H,2,4-6,8,13H2,(H,31,33). The molecule has 0 saturated carbocycles. The van der Waals surface area contributed by atoms with Gasteiger partial charge in [-0.1, -0.05) is 33.6 Å². The Bertz CT molecular complexity index is 1190. The summed E-state index contributed by atoms with van der Waals surface area (Å²) in [6, 6.07) is 9.68. The van der Waals surface area contributed by atoms with Gasteiger partial charge in [0.15, 0.2) is 0 Å². The van der Waals surface area contributed by atoms with Crippen LogP contribution in [-0.2, 0) is 24.2 Å². The van der Waals surface area contributed by atoms with Gasteiger partial charge in [0.05, 0.1) is 17.8 Å². The number of hydrogen-bond acceptors (Lipinski definition) is 4. The Morgan fingerprint density at radius 3 is 2.85 bits per heavy atom. The van der Waals surface area contributed by atoms with E-state index in [9.17, 15) is 4.79 Å². The Kier molecular flexibility index (Phi) is 6.84. The number of benzene rings is 1. The first-order valence-electron chi connectivity index (χ1n) is 11.1. The van der Waals surface area contributed by atoms with Crippen molar-refractivity contribution in [2.75, 3.05) is 6.54 Å². The fourth-order valence-corrected chi connectivity index (χ4v) is 6.48. The lowest BCUT2D eigenvalue weighted by Crippen LogP contribution is -2.45. The first kappa shape index (κ1) is 23.0. The van der Waals surface area contributed by atoms with Crippen LogP contribution in [0.5, 0.6) is 0 Å². The van der Waals surface area contributed by atoms with Crippen LogP contribution in [0.3, 0.4) is 0 Å². The number of rotatable bonds is 4. The van der Waals surface area contributed by atoms with Crippen LogP contribution in [0.25, 0.3) is 0 Å². The molecule has 0 bridgehead atoms. The van der Waals surface area contributed by atoms with Crippen molar-refractivity contribution in [3.63, 3.8) is 0 Å². The summed E-state index contributed by atoms with van der Waals surface area (Å²) in [6.07, 6.45) is 8.92. The second-order valence-electron chi connectivity index (χ2n) is 8.54. The molecule has 170 valence electrons. The number of nitrogens with zero attached hydrogens (tertiary/aromatic N) is 3. The summed E-state index contributed by atoms with van der Waals surface area (Å²) in [4.78, 5) is 24.7. The van der Waals surface area contributed by atoms with Gasteiger partial charge in [-0.25, -0.2) is 0 Å². The molecule has 2 aromatic heterocycles. The van der Waals surface area contributed by atoms with E-state index in [2.05, 4.69) is 59.2 Å². The minimum absolute atomic E-state index is 0.0471. The first-order chi connectivity index (χ1) is 16.0. The fourth-order valence-electron chi connectivity index (χ4n) is 5.01. The molecule has 3 heterocycles. The number of hydrogen-bond donors (Lipinski definition) is 1. The molecule has 1 aromatic carbocycles. The minimum Gasteiger partial charge on any atom is -0.351 e. The largest absolute Gasteiger partial charge is 0.351 e. The van der Waals surface area contributed by atoms with Gasteiger partial charge in [0.2, 0.25) is 5.91 Å².